The summed E-state index contributed by atoms with van der Waals surface area (Å²) in [5.41, 5.74) is 0. The van der Waals surface area contributed by atoms with Crippen molar-refractivity contribution in [1.82, 2.24) is 4.90 Å². The third-order valence-electron chi connectivity index (χ3n) is 2.18. The molecule has 0 spiro atoms. The van der Waals surface area contributed by atoms with Gasteiger partial charge in [0.05, 0.1) is 21.3 Å². The molecule has 0 aliphatic carbocycles. The van der Waals surface area contributed by atoms with Gasteiger partial charge in [-0.3, -0.25) is 9.46 Å². The van der Waals surface area contributed by atoms with Crippen LogP contribution in [0.5, 0.6) is 0 Å². The first-order valence-electron chi connectivity index (χ1n) is 5.74. The van der Waals surface area contributed by atoms with Gasteiger partial charge in [0.2, 0.25) is 0 Å². The molecule has 0 saturated carbocycles. The molecule has 0 bridgehead atoms. The van der Waals surface area contributed by atoms with Crippen LogP contribution in [-0.4, -0.2) is 45.7 Å². The second kappa shape index (κ2) is 6.31. The minimum Gasteiger partial charge on any atom is -0.308 e. The van der Waals surface area contributed by atoms with Crippen LogP contribution in [0.25, 0.3) is 0 Å². The summed E-state index contributed by atoms with van der Waals surface area (Å²) in [6.45, 7) is 11.1. The molecule has 0 aromatic rings. The van der Waals surface area contributed by atoms with E-state index < -0.39 is 15.7 Å². The average molecular weight is 267 g/mol. The summed E-state index contributed by atoms with van der Waals surface area (Å²) in [6.07, 6.45) is 0. The zero-order chi connectivity index (χ0) is 13.0. The Morgan fingerprint density at radius 2 is 1.50 bits per heavy atom. The molecule has 0 amide bonds. The van der Waals surface area contributed by atoms with Gasteiger partial charge >= 0.3 is 7.60 Å². The minimum atomic E-state index is -3.02. The van der Waals surface area contributed by atoms with E-state index in [1.807, 2.05) is 32.8 Å². The molecule has 1 unspecified atom stereocenters. The lowest BCUT2D eigenvalue weighted by atomic mass is 10.9. The maximum absolute atomic E-state index is 12.8. The lowest BCUT2D eigenvalue weighted by molar-refractivity contribution is 0.200. The van der Waals surface area contributed by atoms with Crippen molar-refractivity contribution in [1.29, 1.82) is 0 Å². The van der Waals surface area contributed by atoms with E-state index >= 15 is 0 Å². The molecular formula is C10H26NO3PSi. The number of rotatable bonds is 7. The van der Waals surface area contributed by atoms with E-state index in [-0.39, 0.29) is 5.41 Å². The highest BCUT2D eigenvalue weighted by molar-refractivity contribution is 7.57. The molecule has 0 fully saturated rings. The predicted molar refractivity (Wildman–Crippen MR) is 71.7 cm³/mol. The van der Waals surface area contributed by atoms with Crippen molar-refractivity contribution < 1.29 is 13.6 Å². The fraction of sp³-hybridized carbons (Fsp3) is 1.00. The van der Waals surface area contributed by atoms with Crippen molar-refractivity contribution >= 4 is 15.7 Å². The summed E-state index contributed by atoms with van der Waals surface area (Å²) in [6, 6.07) is 0. The SMILES string of the molecule is CCOP(=O)(OCC)C(N(C)C)[Si](C)(C)C. The zero-order valence-corrected chi connectivity index (χ0v) is 13.5. The zero-order valence-electron chi connectivity index (χ0n) is 11.6. The molecule has 0 aromatic heterocycles. The Bertz CT molecular complexity index is 243. The highest BCUT2D eigenvalue weighted by Gasteiger charge is 2.45. The van der Waals surface area contributed by atoms with Gasteiger partial charge in [-0.25, -0.2) is 0 Å². The summed E-state index contributed by atoms with van der Waals surface area (Å²) in [7, 11) is -0.790. The quantitative estimate of drug-likeness (QED) is 0.525. The molecule has 0 aliphatic rings. The Labute approximate surface area is 101 Å². The van der Waals surface area contributed by atoms with Crippen LogP contribution in [0.15, 0.2) is 0 Å². The van der Waals surface area contributed by atoms with E-state index in [4.69, 9.17) is 9.05 Å². The van der Waals surface area contributed by atoms with Gasteiger partial charge in [-0.15, -0.1) is 0 Å². The number of hydrogen-bond donors (Lipinski definition) is 0. The Morgan fingerprint density at radius 3 is 1.69 bits per heavy atom. The third-order valence-corrected chi connectivity index (χ3v) is 9.82. The molecule has 4 nitrogen and oxygen atoms in total. The average Bonchev–Trinajstić information content (AvgIpc) is 1.99. The normalized spacial score (nSPS) is 15.5. The second-order valence-corrected chi connectivity index (χ2v) is 12.9. The largest absolute Gasteiger partial charge is 0.344 e. The highest BCUT2D eigenvalue weighted by atomic mass is 31.2. The van der Waals surface area contributed by atoms with Gasteiger partial charge in [0, 0.05) is 0 Å². The molecule has 0 aliphatic heterocycles. The Balaban J connectivity index is 5.19. The summed E-state index contributed by atoms with van der Waals surface area (Å²) in [5, 5.41) is -0.0973. The summed E-state index contributed by atoms with van der Waals surface area (Å²) in [5.74, 6) is 0. The van der Waals surface area contributed by atoms with Crippen LogP contribution in [-0.2, 0) is 13.6 Å². The molecule has 0 N–H and O–H groups in total. The standard InChI is InChI=1S/C10H26NO3PSi/c1-8-13-15(12,14-9-2)10(11(3)4)16(5,6)7/h10H,8-9H2,1-7H3. The van der Waals surface area contributed by atoms with Gasteiger partial charge in [-0.05, 0) is 27.9 Å². The van der Waals surface area contributed by atoms with Gasteiger partial charge < -0.3 is 9.05 Å². The molecule has 0 radical (unpaired) electrons. The van der Waals surface area contributed by atoms with Crippen molar-refractivity contribution in [3.8, 4) is 0 Å². The Morgan fingerprint density at radius 1 is 1.12 bits per heavy atom. The van der Waals surface area contributed by atoms with Crippen molar-refractivity contribution in [2.45, 2.75) is 38.9 Å². The maximum atomic E-state index is 12.8. The van der Waals surface area contributed by atoms with E-state index in [1.54, 1.807) is 0 Å². The highest BCUT2D eigenvalue weighted by Crippen LogP contribution is 2.56. The molecule has 0 rings (SSSR count). The monoisotopic (exact) mass is 267 g/mol. The molecule has 0 aromatic carbocycles. The van der Waals surface area contributed by atoms with Gasteiger partial charge in [-0.2, -0.15) is 0 Å². The van der Waals surface area contributed by atoms with Crippen molar-refractivity contribution in [2.24, 2.45) is 0 Å². The maximum Gasteiger partial charge on any atom is 0.344 e. The smallest absolute Gasteiger partial charge is 0.308 e. The number of nitrogens with zero attached hydrogens (tertiary/aromatic N) is 1. The van der Waals surface area contributed by atoms with Crippen LogP contribution >= 0.6 is 7.60 Å². The molecular weight excluding hydrogens is 241 g/mol. The second-order valence-electron chi connectivity index (χ2n) is 5.08. The van der Waals surface area contributed by atoms with Gasteiger partial charge in [0.1, 0.15) is 5.41 Å². The molecule has 0 heterocycles. The Hall–Kier alpha value is 0.327. The van der Waals surface area contributed by atoms with Crippen LogP contribution in [0.3, 0.4) is 0 Å². The van der Waals surface area contributed by atoms with Gasteiger partial charge in [-0.1, -0.05) is 19.6 Å². The Kier molecular flexibility index (Phi) is 6.44. The first-order chi connectivity index (χ1) is 7.19. The summed E-state index contributed by atoms with van der Waals surface area (Å²) >= 11 is 0. The molecule has 98 valence electrons. The molecule has 0 saturated heterocycles. The third kappa shape index (κ3) is 4.30. The minimum absolute atomic E-state index is 0.0973. The fourth-order valence-electron chi connectivity index (χ4n) is 2.07. The predicted octanol–water partition coefficient (Wildman–Crippen LogP) is 3.02. The van der Waals surface area contributed by atoms with Gasteiger partial charge in [0.25, 0.3) is 0 Å². The van der Waals surface area contributed by atoms with Crippen LogP contribution in [0.4, 0.5) is 0 Å². The van der Waals surface area contributed by atoms with Gasteiger partial charge in [0.15, 0.2) is 0 Å². The van der Waals surface area contributed by atoms with Crippen molar-refractivity contribution in [2.75, 3.05) is 27.3 Å². The molecule has 16 heavy (non-hydrogen) atoms. The van der Waals surface area contributed by atoms with E-state index in [1.165, 1.54) is 0 Å². The van der Waals surface area contributed by atoms with Crippen molar-refractivity contribution in [3.05, 3.63) is 0 Å². The lowest BCUT2D eigenvalue weighted by Gasteiger charge is -2.38. The molecule has 1 atom stereocenters. The summed E-state index contributed by atoms with van der Waals surface area (Å²) < 4.78 is 23.6. The van der Waals surface area contributed by atoms with E-state index in [2.05, 4.69) is 19.6 Å². The fourth-order valence-corrected chi connectivity index (χ4v) is 9.50. The van der Waals surface area contributed by atoms with Crippen LogP contribution in [0, 0.1) is 0 Å². The van der Waals surface area contributed by atoms with Crippen LogP contribution < -0.4 is 0 Å². The molecule has 6 heteroatoms. The van der Waals surface area contributed by atoms with Crippen molar-refractivity contribution in [3.63, 3.8) is 0 Å². The van der Waals surface area contributed by atoms with Crippen LogP contribution in [0.2, 0.25) is 19.6 Å². The first-order valence-corrected chi connectivity index (χ1v) is 10.9. The summed E-state index contributed by atoms with van der Waals surface area (Å²) in [4.78, 5) is 1.98. The lowest BCUT2D eigenvalue weighted by Crippen LogP contribution is -2.48. The number of hydrogen-bond acceptors (Lipinski definition) is 4. The van der Waals surface area contributed by atoms with Crippen LogP contribution in [0.1, 0.15) is 13.8 Å². The first kappa shape index (κ1) is 16.3. The van der Waals surface area contributed by atoms with E-state index in [9.17, 15) is 4.57 Å². The topological polar surface area (TPSA) is 38.8 Å². The van der Waals surface area contributed by atoms with E-state index in [0.717, 1.165) is 0 Å². The van der Waals surface area contributed by atoms with E-state index in [0.29, 0.717) is 13.2 Å².